The summed E-state index contributed by atoms with van der Waals surface area (Å²) in [6.07, 6.45) is 4.75. The molecule has 3 atom stereocenters. The van der Waals surface area contributed by atoms with Crippen LogP contribution >= 0.6 is 11.3 Å². The van der Waals surface area contributed by atoms with E-state index in [9.17, 15) is 0 Å². The maximum atomic E-state index is 6.76. The molecule has 2 aromatic heterocycles. The maximum absolute atomic E-state index is 6.76. The van der Waals surface area contributed by atoms with Crippen LogP contribution in [0.4, 0.5) is 0 Å². The van der Waals surface area contributed by atoms with Crippen LogP contribution in [0.25, 0.3) is 42.9 Å². The molecule has 3 aliphatic rings. The molecule has 1 aliphatic carbocycles. The number of hydrogen-bond acceptors (Lipinski definition) is 5. The van der Waals surface area contributed by atoms with E-state index in [0.717, 1.165) is 63.0 Å². The molecular weight excluding hydrogens is 585 g/mol. The van der Waals surface area contributed by atoms with Gasteiger partial charge < -0.3 is 9.47 Å². The van der Waals surface area contributed by atoms with E-state index in [0.29, 0.717) is 5.92 Å². The van der Waals surface area contributed by atoms with Gasteiger partial charge in [-0.05, 0) is 49.1 Å². The highest BCUT2D eigenvalue weighted by molar-refractivity contribution is 7.26. The Balaban J connectivity index is 1.19. The number of rotatable bonds is 3. The van der Waals surface area contributed by atoms with Gasteiger partial charge in [-0.1, -0.05) is 103 Å². The largest absolute Gasteiger partial charge is 0.490 e. The molecule has 1 fully saturated rings. The first-order valence-corrected chi connectivity index (χ1v) is 17.0. The van der Waals surface area contributed by atoms with Gasteiger partial charge in [0.25, 0.3) is 0 Å². The normalized spacial score (nSPS) is 21.1. The smallest absolute Gasteiger partial charge is 0.160 e. The molecule has 0 bridgehead atoms. The number of hydrogen-bond donors (Lipinski definition) is 0. The number of benzene rings is 5. The van der Waals surface area contributed by atoms with E-state index in [1.807, 2.05) is 0 Å². The topological polar surface area (TPSA) is 44.2 Å². The van der Waals surface area contributed by atoms with Gasteiger partial charge >= 0.3 is 0 Å². The Labute approximate surface area is 271 Å². The van der Waals surface area contributed by atoms with Crippen molar-refractivity contribution in [3.8, 4) is 39.9 Å². The molecule has 5 heteroatoms. The van der Waals surface area contributed by atoms with Crippen LogP contribution in [-0.2, 0) is 5.41 Å². The Kier molecular flexibility index (Phi) is 5.70. The second kappa shape index (κ2) is 10.0. The molecule has 4 heterocycles. The molecule has 10 rings (SSSR count). The molecule has 46 heavy (non-hydrogen) atoms. The number of thiophene rings is 1. The van der Waals surface area contributed by atoms with Crippen molar-refractivity contribution >= 4 is 31.6 Å². The zero-order valence-corrected chi connectivity index (χ0v) is 26.0. The van der Waals surface area contributed by atoms with Gasteiger partial charge in [-0.25, -0.2) is 9.97 Å². The summed E-state index contributed by atoms with van der Waals surface area (Å²) in [6, 6.07) is 43.0. The summed E-state index contributed by atoms with van der Waals surface area (Å²) in [5, 5.41) is 1.17. The lowest BCUT2D eigenvalue weighted by molar-refractivity contribution is 0.0373. The van der Waals surface area contributed by atoms with Crippen LogP contribution < -0.4 is 9.47 Å². The molecule has 0 radical (unpaired) electrons. The predicted molar refractivity (Wildman–Crippen MR) is 185 cm³/mol. The number of ether oxygens (including phenoxy) is 2. The van der Waals surface area contributed by atoms with Crippen LogP contribution in [-0.4, -0.2) is 16.1 Å². The fourth-order valence-electron chi connectivity index (χ4n) is 8.41. The summed E-state index contributed by atoms with van der Waals surface area (Å²) in [5.41, 5.74) is 7.41. The fraction of sp³-hybridized carbons (Fsp3) is 0.171. The number of para-hydroxylation sites is 1. The van der Waals surface area contributed by atoms with Gasteiger partial charge in [0.15, 0.2) is 5.82 Å². The summed E-state index contributed by atoms with van der Waals surface area (Å²) in [5.74, 6) is 3.84. The van der Waals surface area contributed by atoms with Crippen molar-refractivity contribution in [1.82, 2.24) is 9.97 Å². The molecule has 3 unspecified atom stereocenters. The molecule has 5 aromatic carbocycles. The second-order valence-corrected chi connectivity index (χ2v) is 13.8. The van der Waals surface area contributed by atoms with Gasteiger partial charge in [0, 0.05) is 32.7 Å². The van der Waals surface area contributed by atoms with Gasteiger partial charge in [0.05, 0.1) is 26.9 Å². The van der Waals surface area contributed by atoms with Crippen molar-refractivity contribution in [2.45, 2.75) is 37.2 Å². The van der Waals surface area contributed by atoms with Gasteiger partial charge in [-0.3, -0.25) is 0 Å². The Morgan fingerprint density at radius 3 is 2.33 bits per heavy atom. The van der Waals surface area contributed by atoms with Crippen LogP contribution in [0.2, 0.25) is 0 Å². The summed E-state index contributed by atoms with van der Waals surface area (Å²) < 4.78 is 15.7. The van der Waals surface area contributed by atoms with Crippen molar-refractivity contribution in [1.29, 1.82) is 0 Å². The third kappa shape index (κ3) is 3.66. The van der Waals surface area contributed by atoms with Gasteiger partial charge in [-0.2, -0.15) is 0 Å². The van der Waals surface area contributed by atoms with Crippen LogP contribution in [0, 0.1) is 5.92 Å². The van der Waals surface area contributed by atoms with E-state index >= 15 is 0 Å². The lowest BCUT2D eigenvalue weighted by Crippen LogP contribution is -2.52. The van der Waals surface area contributed by atoms with E-state index in [2.05, 4.69) is 121 Å². The number of fused-ring (bicyclic) bond motifs is 7. The van der Waals surface area contributed by atoms with Gasteiger partial charge in [0.1, 0.15) is 23.4 Å². The highest BCUT2D eigenvalue weighted by atomic mass is 32.1. The minimum absolute atomic E-state index is 0.161. The first-order valence-electron chi connectivity index (χ1n) is 16.2. The lowest BCUT2D eigenvalue weighted by Gasteiger charge is -2.53. The van der Waals surface area contributed by atoms with Crippen molar-refractivity contribution < 1.29 is 9.47 Å². The third-order valence-corrected chi connectivity index (χ3v) is 11.5. The van der Waals surface area contributed by atoms with Crippen molar-refractivity contribution in [2.24, 2.45) is 5.92 Å². The van der Waals surface area contributed by atoms with E-state index in [1.165, 1.54) is 39.6 Å². The predicted octanol–water partition coefficient (Wildman–Crippen LogP) is 10.6. The summed E-state index contributed by atoms with van der Waals surface area (Å²) in [4.78, 5) is 10.5. The molecule has 222 valence electrons. The first-order chi connectivity index (χ1) is 22.8. The quantitative estimate of drug-likeness (QED) is 0.199. The maximum Gasteiger partial charge on any atom is 0.160 e. The zero-order valence-electron chi connectivity index (χ0n) is 25.1. The number of nitrogens with zero attached hydrogens (tertiary/aromatic N) is 2. The Morgan fingerprint density at radius 2 is 1.41 bits per heavy atom. The number of aromatic nitrogens is 2. The Hall–Kier alpha value is -5.00. The zero-order chi connectivity index (χ0) is 30.2. The average molecular weight is 615 g/mol. The van der Waals surface area contributed by atoms with E-state index in [4.69, 9.17) is 19.4 Å². The molecule has 0 amide bonds. The molecular formula is C41H30N2O2S. The van der Waals surface area contributed by atoms with E-state index < -0.39 is 0 Å². The summed E-state index contributed by atoms with van der Waals surface area (Å²) >= 11 is 1.77. The van der Waals surface area contributed by atoms with Gasteiger partial charge in [-0.15, -0.1) is 11.3 Å². The van der Waals surface area contributed by atoms with Crippen molar-refractivity contribution in [3.05, 3.63) is 138 Å². The fourth-order valence-corrected chi connectivity index (χ4v) is 9.56. The SMILES string of the molecule is c1ccc(-c2nc(-c3ccc(C45c6ccccc6Oc6cccc(c64)OC4CCCCC45)cc3)nc3c2sc2ccccc23)cc1. The van der Waals surface area contributed by atoms with Crippen molar-refractivity contribution in [3.63, 3.8) is 0 Å². The van der Waals surface area contributed by atoms with E-state index in [1.54, 1.807) is 11.3 Å². The molecule has 4 nitrogen and oxygen atoms in total. The minimum Gasteiger partial charge on any atom is -0.490 e. The summed E-state index contributed by atoms with van der Waals surface area (Å²) in [6.45, 7) is 0. The van der Waals surface area contributed by atoms with E-state index in [-0.39, 0.29) is 11.5 Å². The first kappa shape index (κ1) is 26.2. The van der Waals surface area contributed by atoms with Crippen LogP contribution in [0.5, 0.6) is 17.2 Å². The Bertz CT molecular complexity index is 2290. The average Bonchev–Trinajstić information content (AvgIpc) is 3.50. The van der Waals surface area contributed by atoms with Crippen LogP contribution in [0.3, 0.4) is 0 Å². The highest BCUT2D eigenvalue weighted by Gasteiger charge is 2.57. The molecule has 0 N–H and O–H groups in total. The molecule has 1 saturated carbocycles. The van der Waals surface area contributed by atoms with Crippen molar-refractivity contribution in [2.75, 3.05) is 0 Å². The van der Waals surface area contributed by atoms with Gasteiger partial charge in [0.2, 0.25) is 0 Å². The summed E-state index contributed by atoms with van der Waals surface area (Å²) in [7, 11) is 0. The van der Waals surface area contributed by atoms with Crippen LogP contribution in [0.1, 0.15) is 42.4 Å². The lowest BCUT2D eigenvalue weighted by atomic mass is 9.55. The third-order valence-electron chi connectivity index (χ3n) is 10.3. The standard InChI is InChI=1S/C41H30N2O2S/c1-2-11-25(12-3-1)37-39-38(28-13-4-9-20-35(28)46-39)43-40(42-37)26-21-23-27(24-22-26)41-29-14-5-7-16-31(29)44-33-18-10-19-34(36(33)41)45-32-17-8-6-15-30(32)41/h1-5,7,9-14,16,18-24,30,32H,6,8,15,17H2. The monoisotopic (exact) mass is 614 g/mol. The molecule has 0 saturated heterocycles. The van der Waals surface area contributed by atoms with Crippen LogP contribution in [0.15, 0.2) is 121 Å². The molecule has 2 aliphatic heterocycles. The Morgan fingerprint density at radius 1 is 0.652 bits per heavy atom. The molecule has 7 aromatic rings. The highest BCUT2D eigenvalue weighted by Crippen LogP contribution is 2.63. The second-order valence-electron chi connectivity index (χ2n) is 12.7. The minimum atomic E-state index is -0.369. The molecule has 0 spiro atoms.